The van der Waals surface area contributed by atoms with E-state index in [2.05, 4.69) is 12.1 Å². The van der Waals surface area contributed by atoms with Gasteiger partial charge < -0.3 is 9.47 Å². The third kappa shape index (κ3) is 1.31. The van der Waals surface area contributed by atoms with E-state index in [1.165, 1.54) is 4.90 Å². The van der Waals surface area contributed by atoms with Crippen LogP contribution in [-0.4, -0.2) is 18.1 Å². The smallest absolute Gasteiger partial charge is 0.163 e. The molecule has 0 aromatic heterocycles. The standard InChI is InChI=1S/C11H12O2S/c1-2-4-10-9(3-1)13-11(14-10)5-7-12-8-6-11/h1-4H,5-8H2. The number of benzene rings is 1. The summed E-state index contributed by atoms with van der Waals surface area (Å²) in [7, 11) is 0. The number of ether oxygens (including phenoxy) is 2. The molecule has 74 valence electrons. The summed E-state index contributed by atoms with van der Waals surface area (Å²) in [5.41, 5.74) is 0. The maximum absolute atomic E-state index is 6.02. The van der Waals surface area contributed by atoms with Crippen LogP contribution in [0.25, 0.3) is 0 Å². The van der Waals surface area contributed by atoms with Crippen LogP contribution in [0.3, 0.4) is 0 Å². The molecule has 1 aromatic rings. The molecule has 0 amide bonds. The molecule has 1 spiro atoms. The molecule has 1 fully saturated rings. The van der Waals surface area contributed by atoms with Crippen molar-refractivity contribution < 1.29 is 9.47 Å². The molecule has 1 saturated heterocycles. The molecule has 0 N–H and O–H groups in total. The zero-order chi connectivity index (χ0) is 9.43. The summed E-state index contributed by atoms with van der Waals surface area (Å²) in [6, 6.07) is 8.27. The van der Waals surface area contributed by atoms with E-state index in [0.29, 0.717) is 0 Å². The molecule has 2 heterocycles. The van der Waals surface area contributed by atoms with Crippen LogP contribution in [0.15, 0.2) is 29.2 Å². The first-order chi connectivity index (χ1) is 6.88. The first-order valence-electron chi connectivity index (χ1n) is 4.93. The lowest BCUT2D eigenvalue weighted by Crippen LogP contribution is -2.36. The number of hydrogen-bond donors (Lipinski definition) is 0. The molecule has 2 aliphatic heterocycles. The fraction of sp³-hybridized carbons (Fsp3) is 0.455. The second-order valence-electron chi connectivity index (χ2n) is 3.67. The monoisotopic (exact) mass is 208 g/mol. The molecular formula is C11H12O2S. The molecule has 3 heteroatoms. The lowest BCUT2D eigenvalue weighted by Gasteiger charge is -2.31. The van der Waals surface area contributed by atoms with Gasteiger partial charge in [0.05, 0.1) is 18.1 Å². The average molecular weight is 208 g/mol. The lowest BCUT2D eigenvalue weighted by atomic mass is 10.1. The molecule has 0 atom stereocenters. The van der Waals surface area contributed by atoms with E-state index >= 15 is 0 Å². The van der Waals surface area contributed by atoms with E-state index in [4.69, 9.17) is 9.47 Å². The second-order valence-corrected chi connectivity index (χ2v) is 5.06. The van der Waals surface area contributed by atoms with E-state index in [1.54, 1.807) is 0 Å². The number of para-hydroxylation sites is 1. The molecule has 3 rings (SSSR count). The average Bonchev–Trinajstić information content (AvgIpc) is 2.56. The molecule has 2 nitrogen and oxygen atoms in total. The van der Waals surface area contributed by atoms with Crippen molar-refractivity contribution in [1.82, 2.24) is 0 Å². The number of rotatable bonds is 0. The zero-order valence-electron chi connectivity index (χ0n) is 7.86. The van der Waals surface area contributed by atoms with Gasteiger partial charge in [-0.2, -0.15) is 0 Å². The maximum atomic E-state index is 6.02. The molecule has 1 aromatic carbocycles. The van der Waals surface area contributed by atoms with Gasteiger partial charge in [0.2, 0.25) is 0 Å². The highest BCUT2D eigenvalue weighted by Gasteiger charge is 2.41. The molecular weight excluding hydrogens is 196 g/mol. The van der Waals surface area contributed by atoms with Crippen molar-refractivity contribution in [3.63, 3.8) is 0 Å². The van der Waals surface area contributed by atoms with Gasteiger partial charge in [-0.05, 0) is 12.1 Å². The Balaban J connectivity index is 1.89. The summed E-state index contributed by atoms with van der Waals surface area (Å²) in [5, 5.41) is 0. The van der Waals surface area contributed by atoms with Crippen LogP contribution in [0.5, 0.6) is 5.75 Å². The fourth-order valence-corrected chi connectivity index (χ4v) is 3.19. The van der Waals surface area contributed by atoms with E-state index < -0.39 is 0 Å². The first-order valence-corrected chi connectivity index (χ1v) is 5.74. The van der Waals surface area contributed by atoms with Crippen LogP contribution in [0.4, 0.5) is 0 Å². The highest BCUT2D eigenvalue weighted by Crippen LogP contribution is 2.51. The zero-order valence-corrected chi connectivity index (χ0v) is 8.68. The third-order valence-electron chi connectivity index (χ3n) is 2.70. The van der Waals surface area contributed by atoms with Crippen molar-refractivity contribution in [3.8, 4) is 5.75 Å². The normalized spacial score (nSPS) is 23.1. The molecule has 14 heavy (non-hydrogen) atoms. The maximum Gasteiger partial charge on any atom is 0.163 e. The number of hydrogen-bond acceptors (Lipinski definition) is 3. The highest BCUT2D eigenvalue weighted by molar-refractivity contribution is 8.00. The van der Waals surface area contributed by atoms with E-state index in [0.717, 1.165) is 31.8 Å². The van der Waals surface area contributed by atoms with E-state index in [9.17, 15) is 0 Å². The minimum absolute atomic E-state index is 0.0259. The Morgan fingerprint density at radius 2 is 1.93 bits per heavy atom. The van der Waals surface area contributed by atoms with Crippen LogP contribution in [0.2, 0.25) is 0 Å². The fourth-order valence-electron chi connectivity index (χ4n) is 1.93. The van der Waals surface area contributed by atoms with Crippen molar-refractivity contribution >= 4 is 11.8 Å². The van der Waals surface area contributed by atoms with Crippen molar-refractivity contribution in [1.29, 1.82) is 0 Å². The third-order valence-corrected chi connectivity index (χ3v) is 4.12. The van der Waals surface area contributed by atoms with E-state index in [-0.39, 0.29) is 4.93 Å². The number of thioether (sulfide) groups is 1. The van der Waals surface area contributed by atoms with Gasteiger partial charge >= 0.3 is 0 Å². The quantitative estimate of drug-likeness (QED) is 0.653. The SMILES string of the molecule is c1ccc2c(c1)OC1(CCOCC1)S2. The van der Waals surface area contributed by atoms with Gasteiger partial charge in [-0.15, -0.1) is 0 Å². The molecule has 0 aliphatic carbocycles. The summed E-state index contributed by atoms with van der Waals surface area (Å²) in [6.45, 7) is 1.64. The summed E-state index contributed by atoms with van der Waals surface area (Å²) in [5.74, 6) is 1.04. The van der Waals surface area contributed by atoms with Crippen LogP contribution in [-0.2, 0) is 4.74 Å². The van der Waals surface area contributed by atoms with Gasteiger partial charge in [-0.25, -0.2) is 0 Å². The van der Waals surface area contributed by atoms with Crippen LogP contribution in [0.1, 0.15) is 12.8 Å². The van der Waals surface area contributed by atoms with Crippen LogP contribution < -0.4 is 4.74 Å². The van der Waals surface area contributed by atoms with Crippen molar-refractivity contribution in [2.45, 2.75) is 22.7 Å². The summed E-state index contributed by atoms with van der Waals surface area (Å²) >= 11 is 1.86. The predicted molar refractivity (Wildman–Crippen MR) is 55.7 cm³/mol. The Morgan fingerprint density at radius 1 is 1.14 bits per heavy atom. The molecule has 0 bridgehead atoms. The lowest BCUT2D eigenvalue weighted by molar-refractivity contribution is 0.0106. The second kappa shape index (κ2) is 3.17. The van der Waals surface area contributed by atoms with Gasteiger partial charge in [-0.3, -0.25) is 0 Å². The van der Waals surface area contributed by atoms with Gasteiger partial charge in [-0.1, -0.05) is 23.9 Å². The number of fused-ring (bicyclic) bond motifs is 1. The molecule has 2 aliphatic rings. The minimum atomic E-state index is -0.0259. The predicted octanol–water partition coefficient (Wildman–Crippen LogP) is 2.68. The Hall–Kier alpha value is -0.670. The Morgan fingerprint density at radius 3 is 2.71 bits per heavy atom. The topological polar surface area (TPSA) is 18.5 Å². The van der Waals surface area contributed by atoms with Crippen LogP contribution in [0, 0.1) is 0 Å². The van der Waals surface area contributed by atoms with Gasteiger partial charge in [0.15, 0.2) is 4.93 Å². The molecule has 0 unspecified atom stereocenters. The summed E-state index contributed by atoms with van der Waals surface area (Å²) < 4.78 is 11.4. The first kappa shape index (κ1) is 8.62. The summed E-state index contributed by atoms with van der Waals surface area (Å²) in [6.07, 6.45) is 1.98. The van der Waals surface area contributed by atoms with Crippen molar-refractivity contribution in [2.75, 3.05) is 13.2 Å². The Bertz CT molecular complexity index is 318. The molecule has 0 saturated carbocycles. The summed E-state index contributed by atoms with van der Waals surface area (Å²) in [4.78, 5) is 1.25. The van der Waals surface area contributed by atoms with E-state index in [1.807, 2.05) is 23.9 Å². The van der Waals surface area contributed by atoms with Crippen molar-refractivity contribution in [3.05, 3.63) is 24.3 Å². The highest BCUT2D eigenvalue weighted by atomic mass is 32.2. The largest absolute Gasteiger partial charge is 0.475 e. The molecule has 0 radical (unpaired) electrons. The Kier molecular flexibility index (Phi) is 1.96. The Labute approximate surface area is 87.6 Å². The van der Waals surface area contributed by atoms with Gasteiger partial charge in [0.25, 0.3) is 0 Å². The van der Waals surface area contributed by atoms with Crippen molar-refractivity contribution in [2.24, 2.45) is 0 Å². The minimum Gasteiger partial charge on any atom is -0.475 e. The van der Waals surface area contributed by atoms with Gasteiger partial charge in [0, 0.05) is 12.8 Å². The van der Waals surface area contributed by atoms with Gasteiger partial charge in [0.1, 0.15) is 5.75 Å². The van der Waals surface area contributed by atoms with Crippen LogP contribution >= 0.6 is 11.8 Å².